The lowest BCUT2D eigenvalue weighted by Gasteiger charge is -2.15. The minimum Gasteiger partial charge on any atom is -0.491 e. The molecule has 0 saturated carbocycles. The summed E-state index contributed by atoms with van der Waals surface area (Å²) in [6, 6.07) is 13.1. The molecule has 0 spiro atoms. The Labute approximate surface area is 226 Å². The van der Waals surface area contributed by atoms with E-state index in [0.717, 1.165) is 25.7 Å². The van der Waals surface area contributed by atoms with Gasteiger partial charge in [-0.15, -0.1) is 9.78 Å². The molecule has 2 aromatic carbocycles. The van der Waals surface area contributed by atoms with Gasteiger partial charge >= 0.3 is 11.9 Å². The highest BCUT2D eigenvalue weighted by atomic mass is 17.3. The predicted octanol–water partition coefficient (Wildman–Crippen LogP) is 7.60. The third-order valence-corrected chi connectivity index (χ3v) is 5.43. The Balaban J connectivity index is 1.90. The van der Waals surface area contributed by atoms with Crippen molar-refractivity contribution in [2.24, 2.45) is 0 Å². The van der Waals surface area contributed by atoms with Gasteiger partial charge in [0, 0.05) is 6.42 Å². The lowest BCUT2D eigenvalue weighted by atomic mass is 10.1. The average Bonchev–Trinajstić information content (AvgIpc) is 2.89. The number of ether oxygens (including phenoxy) is 2. The molecule has 0 aliphatic heterocycles. The van der Waals surface area contributed by atoms with Crippen LogP contribution in [0.4, 0.5) is 0 Å². The maximum Gasteiger partial charge on any atom is 0.373 e. The summed E-state index contributed by atoms with van der Waals surface area (Å²) in [6.07, 6.45) is 6.98. The summed E-state index contributed by atoms with van der Waals surface area (Å²) in [5.41, 5.74) is 0.577. The number of hydrogen-bond donors (Lipinski definition) is 0. The molecular weight excluding hydrogens is 488 g/mol. The Kier molecular flexibility index (Phi) is 14.3. The van der Waals surface area contributed by atoms with Crippen molar-refractivity contribution in [3.8, 4) is 11.5 Å². The average molecular weight is 531 g/mol. The fraction of sp³-hybridized carbons (Fsp3) is 0.533. The van der Waals surface area contributed by atoms with Crippen LogP contribution < -0.4 is 9.47 Å². The van der Waals surface area contributed by atoms with Gasteiger partial charge in [0.1, 0.15) is 11.5 Å². The highest BCUT2D eigenvalue weighted by Gasteiger charge is 2.20. The van der Waals surface area contributed by atoms with Crippen LogP contribution in [-0.2, 0) is 19.6 Å². The van der Waals surface area contributed by atoms with E-state index >= 15 is 0 Å². The molecule has 2 rings (SSSR count). The highest BCUT2D eigenvalue weighted by Crippen LogP contribution is 2.18. The molecule has 38 heavy (non-hydrogen) atoms. The van der Waals surface area contributed by atoms with Crippen molar-refractivity contribution in [2.75, 3.05) is 0 Å². The number of rotatable bonds is 18. The van der Waals surface area contributed by atoms with Crippen molar-refractivity contribution in [1.82, 2.24) is 0 Å². The molecule has 0 atom stereocenters. The quantitative estimate of drug-likeness (QED) is 0.0842. The summed E-state index contributed by atoms with van der Waals surface area (Å²) in [5, 5.41) is 0. The van der Waals surface area contributed by atoms with E-state index in [1.165, 1.54) is 19.3 Å². The summed E-state index contributed by atoms with van der Waals surface area (Å²) in [5.74, 6) is -0.0932. The van der Waals surface area contributed by atoms with Crippen molar-refractivity contribution in [2.45, 2.75) is 104 Å². The number of carbonyl (C=O) groups excluding carboxylic acids is 2. The lowest BCUT2D eigenvalue weighted by Crippen LogP contribution is -2.22. The highest BCUT2D eigenvalue weighted by molar-refractivity contribution is 5.89. The van der Waals surface area contributed by atoms with E-state index in [9.17, 15) is 9.59 Å². The lowest BCUT2D eigenvalue weighted by molar-refractivity contribution is -0.421. The molecule has 0 amide bonds. The maximum atomic E-state index is 12.5. The molecule has 0 radical (unpaired) electrons. The first kappa shape index (κ1) is 31.1. The molecule has 0 aliphatic rings. The van der Waals surface area contributed by atoms with Crippen molar-refractivity contribution in [3.63, 3.8) is 0 Å². The molecule has 0 bridgehead atoms. The monoisotopic (exact) mass is 530 g/mol. The standard InChI is InChI=1S/C30H42O8/c1-6-7-8-9-10-11-12-13-28(35-37-29(31)24-14-18-26(19-15-24)33-22(2)3)36-38-30(32)25-16-20-27(21-17-25)34-23(4)5/h14-23,28H,6-13H2,1-5H3. The Hall–Kier alpha value is -3.10. The third kappa shape index (κ3) is 12.4. The van der Waals surface area contributed by atoms with E-state index in [4.69, 9.17) is 29.0 Å². The smallest absolute Gasteiger partial charge is 0.373 e. The Morgan fingerprint density at radius 2 is 1.00 bits per heavy atom. The van der Waals surface area contributed by atoms with Crippen LogP contribution in [0.25, 0.3) is 0 Å². The summed E-state index contributed by atoms with van der Waals surface area (Å²) in [7, 11) is 0. The van der Waals surface area contributed by atoms with Gasteiger partial charge in [-0.25, -0.2) is 9.59 Å². The third-order valence-electron chi connectivity index (χ3n) is 5.43. The zero-order chi connectivity index (χ0) is 27.8. The second-order valence-corrected chi connectivity index (χ2v) is 9.66. The molecule has 0 fully saturated rings. The largest absolute Gasteiger partial charge is 0.491 e. The molecule has 210 valence electrons. The van der Waals surface area contributed by atoms with Gasteiger partial charge in [0.15, 0.2) is 0 Å². The van der Waals surface area contributed by atoms with Crippen LogP contribution in [0.5, 0.6) is 11.5 Å². The normalized spacial score (nSPS) is 11.2. The van der Waals surface area contributed by atoms with Crippen LogP contribution in [0, 0.1) is 0 Å². The molecule has 8 heteroatoms. The Bertz CT molecular complexity index is 868. The number of carbonyl (C=O) groups is 2. The molecule has 0 saturated heterocycles. The van der Waals surface area contributed by atoms with Crippen LogP contribution in [0.2, 0.25) is 0 Å². The fourth-order valence-corrected chi connectivity index (χ4v) is 3.55. The molecule has 0 unspecified atom stereocenters. The topological polar surface area (TPSA) is 89.5 Å². The molecule has 0 aromatic heterocycles. The Morgan fingerprint density at radius 1 is 0.605 bits per heavy atom. The Morgan fingerprint density at radius 3 is 1.39 bits per heavy atom. The molecule has 0 N–H and O–H groups in total. The van der Waals surface area contributed by atoms with Crippen molar-refractivity contribution in [1.29, 1.82) is 0 Å². The van der Waals surface area contributed by atoms with E-state index < -0.39 is 18.2 Å². The van der Waals surface area contributed by atoms with Gasteiger partial charge in [-0.05, 0) is 82.6 Å². The minimum absolute atomic E-state index is 0.0229. The first-order chi connectivity index (χ1) is 18.3. The SMILES string of the molecule is CCCCCCCCCC(OOC(=O)c1ccc(OC(C)C)cc1)OOC(=O)c1ccc(OC(C)C)cc1. The van der Waals surface area contributed by atoms with E-state index in [0.29, 0.717) is 17.9 Å². The van der Waals surface area contributed by atoms with Crippen LogP contribution >= 0.6 is 0 Å². The van der Waals surface area contributed by atoms with Crippen molar-refractivity contribution >= 4 is 11.9 Å². The first-order valence-electron chi connectivity index (χ1n) is 13.6. The van der Waals surface area contributed by atoms with Gasteiger partial charge in [0.25, 0.3) is 0 Å². The minimum atomic E-state index is -1.06. The summed E-state index contributed by atoms with van der Waals surface area (Å²) < 4.78 is 11.2. The molecule has 0 aliphatic carbocycles. The summed E-state index contributed by atoms with van der Waals surface area (Å²) >= 11 is 0. The van der Waals surface area contributed by atoms with Gasteiger partial charge < -0.3 is 9.47 Å². The van der Waals surface area contributed by atoms with E-state index in [1.54, 1.807) is 48.5 Å². The van der Waals surface area contributed by atoms with Crippen molar-refractivity contribution in [3.05, 3.63) is 59.7 Å². The first-order valence-corrected chi connectivity index (χ1v) is 13.6. The van der Waals surface area contributed by atoms with Gasteiger partial charge in [0.05, 0.1) is 23.3 Å². The number of benzene rings is 2. The summed E-state index contributed by atoms with van der Waals surface area (Å²) in [4.78, 5) is 45.4. The van der Waals surface area contributed by atoms with Crippen LogP contribution in [0.1, 0.15) is 107 Å². The molecule has 8 nitrogen and oxygen atoms in total. The molecule has 0 heterocycles. The van der Waals surface area contributed by atoms with Crippen LogP contribution in [0.15, 0.2) is 48.5 Å². The van der Waals surface area contributed by atoms with Crippen LogP contribution in [0.3, 0.4) is 0 Å². The van der Waals surface area contributed by atoms with Gasteiger partial charge in [-0.1, -0.05) is 45.4 Å². The van der Waals surface area contributed by atoms with Crippen LogP contribution in [-0.4, -0.2) is 30.4 Å². The predicted molar refractivity (Wildman–Crippen MR) is 144 cm³/mol. The number of unbranched alkanes of at least 4 members (excludes halogenated alkanes) is 6. The van der Waals surface area contributed by atoms with Gasteiger partial charge in [0.2, 0.25) is 6.29 Å². The van der Waals surface area contributed by atoms with E-state index in [1.807, 2.05) is 27.7 Å². The zero-order valence-electron chi connectivity index (χ0n) is 23.3. The van der Waals surface area contributed by atoms with E-state index in [2.05, 4.69) is 6.92 Å². The van der Waals surface area contributed by atoms with Crippen molar-refractivity contribution < 1.29 is 38.6 Å². The number of hydrogen-bond acceptors (Lipinski definition) is 8. The second kappa shape index (κ2) is 17.4. The fourth-order valence-electron chi connectivity index (χ4n) is 3.55. The van der Waals surface area contributed by atoms with Gasteiger partial charge in [-0.2, -0.15) is 0 Å². The zero-order valence-corrected chi connectivity index (χ0v) is 23.3. The second-order valence-electron chi connectivity index (χ2n) is 9.66. The van der Waals surface area contributed by atoms with Gasteiger partial charge in [-0.3, -0.25) is 9.78 Å². The maximum absolute atomic E-state index is 12.5. The van der Waals surface area contributed by atoms with E-state index in [-0.39, 0.29) is 23.3 Å². The summed E-state index contributed by atoms with van der Waals surface area (Å²) in [6.45, 7) is 9.87. The molecular formula is C30H42O8. The molecule has 2 aromatic rings.